The van der Waals surface area contributed by atoms with Gasteiger partial charge in [0.25, 0.3) is 0 Å². The molecular weight excluding hydrogens is 122 g/mol. The van der Waals surface area contributed by atoms with Gasteiger partial charge in [0.15, 0.2) is 0 Å². The maximum atomic E-state index is 12.5. The minimum absolute atomic E-state index is 0. The van der Waals surface area contributed by atoms with Gasteiger partial charge in [0.1, 0.15) is 0 Å². The average molecular weight is 130 g/mol. The van der Waals surface area contributed by atoms with Crippen molar-refractivity contribution in [2.45, 2.75) is 13.8 Å². The summed E-state index contributed by atoms with van der Waals surface area (Å²) in [6.07, 6.45) is 0. The molecule has 0 amide bonds. The van der Waals surface area contributed by atoms with E-state index in [0.29, 0.717) is 5.56 Å². The molecule has 0 saturated heterocycles. The molecule has 0 heterocycles. The van der Waals surface area contributed by atoms with Crippen LogP contribution in [0, 0.1) is 25.7 Å². The molecule has 1 rings (SSSR count). The van der Waals surface area contributed by atoms with Crippen LogP contribution in [-0.2, 0) is 0 Å². The molecule has 2 heteroatoms. The Hall–Kier alpha value is -0.253. The van der Waals surface area contributed by atoms with Gasteiger partial charge in [-0.3, -0.25) is 4.39 Å². The van der Waals surface area contributed by atoms with E-state index in [1.54, 1.807) is 13.0 Å². The van der Waals surface area contributed by atoms with Gasteiger partial charge in [-0.25, -0.2) is 0 Å². The molecule has 0 aromatic heterocycles. The predicted octanol–water partition coefficient (Wildman–Crippen LogP) is -0.753. The van der Waals surface area contributed by atoms with E-state index in [0.717, 1.165) is 5.56 Å². The van der Waals surface area contributed by atoms with Crippen LogP contribution in [0.25, 0.3) is 0 Å². The summed E-state index contributed by atoms with van der Waals surface area (Å²) in [5.74, 6) is -0.171. The van der Waals surface area contributed by atoms with Crippen molar-refractivity contribution in [2.75, 3.05) is 0 Å². The normalized spacial score (nSPS) is 8.70. The summed E-state index contributed by atoms with van der Waals surface area (Å²) >= 11 is 0. The van der Waals surface area contributed by atoms with Gasteiger partial charge in [-0.05, 0) is 0 Å². The Kier molecular flexibility index (Phi) is 3.71. The first-order chi connectivity index (χ1) is 4.22. The van der Waals surface area contributed by atoms with Crippen LogP contribution in [0.2, 0.25) is 0 Å². The minimum Gasteiger partial charge on any atom is -0.284 e. The van der Waals surface area contributed by atoms with Crippen molar-refractivity contribution in [1.82, 2.24) is 0 Å². The minimum atomic E-state index is -0.171. The van der Waals surface area contributed by atoms with E-state index in [1.807, 2.05) is 6.92 Å². The summed E-state index contributed by atoms with van der Waals surface area (Å²) in [7, 11) is 0. The van der Waals surface area contributed by atoms with Crippen LogP contribution in [-0.4, -0.2) is 0 Å². The standard InChI is InChI=1S/C8H8F.Li/c1-6-4-3-5-8(9)7(6)2;/h4-5H,1-2H3;/q-1;+1. The number of rotatable bonds is 0. The van der Waals surface area contributed by atoms with E-state index < -0.39 is 0 Å². The first-order valence-corrected chi connectivity index (χ1v) is 2.84. The van der Waals surface area contributed by atoms with Crippen molar-refractivity contribution in [2.24, 2.45) is 0 Å². The van der Waals surface area contributed by atoms with E-state index >= 15 is 0 Å². The Labute approximate surface area is 72.6 Å². The van der Waals surface area contributed by atoms with E-state index in [9.17, 15) is 4.39 Å². The molecule has 0 aliphatic carbocycles. The quantitative estimate of drug-likeness (QED) is 0.320. The Morgan fingerprint density at radius 1 is 1.30 bits per heavy atom. The Bertz CT molecular complexity index is 200. The monoisotopic (exact) mass is 130 g/mol. The molecule has 1 aromatic carbocycles. The van der Waals surface area contributed by atoms with Gasteiger partial charge in [-0.15, -0.1) is 11.6 Å². The molecule has 0 bridgehead atoms. The third kappa shape index (κ3) is 1.87. The summed E-state index contributed by atoms with van der Waals surface area (Å²) < 4.78 is 12.5. The van der Waals surface area contributed by atoms with Crippen molar-refractivity contribution < 1.29 is 23.3 Å². The zero-order chi connectivity index (χ0) is 6.85. The summed E-state index contributed by atoms with van der Waals surface area (Å²) in [5, 5.41) is 0. The Morgan fingerprint density at radius 2 is 1.90 bits per heavy atom. The molecule has 10 heavy (non-hydrogen) atoms. The summed E-state index contributed by atoms with van der Waals surface area (Å²) in [6, 6.07) is 5.82. The van der Waals surface area contributed by atoms with Crippen molar-refractivity contribution >= 4 is 0 Å². The van der Waals surface area contributed by atoms with E-state index in [4.69, 9.17) is 0 Å². The molecule has 0 radical (unpaired) electrons. The molecule has 0 N–H and O–H groups in total. The smallest absolute Gasteiger partial charge is 0.284 e. The SMILES string of the molecule is Cc1c[c-]cc(F)c1C.[Li+]. The first kappa shape index (κ1) is 9.75. The van der Waals surface area contributed by atoms with Gasteiger partial charge in [0.2, 0.25) is 0 Å². The molecule has 0 saturated carbocycles. The van der Waals surface area contributed by atoms with Crippen LogP contribution in [0.3, 0.4) is 0 Å². The maximum Gasteiger partial charge on any atom is 1.00 e. The van der Waals surface area contributed by atoms with Crippen LogP contribution < -0.4 is 18.9 Å². The fourth-order valence-corrected chi connectivity index (χ4v) is 0.645. The molecule has 0 nitrogen and oxygen atoms in total. The third-order valence-corrected chi connectivity index (χ3v) is 1.46. The number of hydrogen-bond acceptors (Lipinski definition) is 0. The molecule has 0 aliphatic heterocycles. The van der Waals surface area contributed by atoms with Gasteiger partial charge in [-0.1, -0.05) is 13.8 Å². The second-order valence-corrected chi connectivity index (χ2v) is 2.11. The van der Waals surface area contributed by atoms with Crippen LogP contribution >= 0.6 is 0 Å². The number of aryl methyl sites for hydroxylation is 1. The topological polar surface area (TPSA) is 0 Å². The Balaban J connectivity index is 0.000000810. The largest absolute Gasteiger partial charge is 1.00 e. The van der Waals surface area contributed by atoms with Crippen molar-refractivity contribution in [3.63, 3.8) is 0 Å². The first-order valence-electron chi connectivity index (χ1n) is 2.84. The fraction of sp³-hybridized carbons (Fsp3) is 0.250. The molecule has 0 atom stereocenters. The second kappa shape index (κ2) is 3.80. The summed E-state index contributed by atoms with van der Waals surface area (Å²) in [4.78, 5) is 0. The van der Waals surface area contributed by atoms with Crippen LogP contribution in [0.15, 0.2) is 12.1 Å². The Morgan fingerprint density at radius 3 is 2.30 bits per heavy atom. The number of halogens is 1. The zero-order valence-electron chi connectivity index (χ0n) is 6.53. The molecule has 0 aliphatic rings. The fourth-order valence-electron chi connectivity index (χ4n) is 0.645. The van der Waals surface area contributed by atoms with Crippen molar-refractivity contribution in [3.05, 3.63) is 35.1 Å². The summed E-state index contributed by atoms with van der Waals surface area (Å²) in [5.41, 5.74) is 1.67. The van der Waals surface area contributed by atoms with E-state index in [2.05, 4.69) is 6.07 Å². The molecule has 0 fully saturated rings. The van der Waals surface area contributed by atoms with Gasteiger partial charge < -0.3 is 0 Å². The van der Waals surface area contributed by atoms with Crippen molar-refractivity contribution in [1.29, 1.82) is 0 Å². The van der Waals surface area contributed by atoms with Gasteiger partial charge >= 0.3 is 18.9 Å². The van der Waals surface area contributed by atoms with E-state index in [-0.39, 0.29) is 24.7 Å². The number of hydrogen-bond donors (Lipinski definition) is 0. The second-order valence-electron chi connectivity index (χ2n) is 2.11. The van der Waals surface area contributed by atoms with Crippen LogP contribution in [0.5, 0.6) is 0 Å². The third-order valence-electron chi connectivity index (χ3n) is 1.46. The van der Waals surface area contributed by atoms with E-state index in [1.165, 1.54) is 6.07 Å². The average Bonchev–Trinajstić information content (AvgIpc) is 1.83. The molecule has 1 aromatic rings. The van der Waals surface area contributed by atoms with Gasteiger partial charge in [0.05, 0.1) is 0 Å². The van der Waals surface area contributed by atoms with Crippen LogP contribution in [0.4, 0.5) is 4.39 Å². The van der Waals surface area contributed by atoms with Crippen LogP contribution in [0.1, 0.15) is 11.1 Å². The molecule has 0 spiro atoms. The maximum absolute atomic E-state index is 12.5. The number of benzene rings is 1. The molecule has 0 unspecified atom stereocenters. The van der Waals surface area contributed by atoms with Gasteiger partial charge in [-0.2, -0.15) is 17.7 Å². The predicted molar refractivity (Wildman–Crippen MR) is 34.7 cm³/mol. The summed E-state index contributed by atoms with van der Waals surface area (Å²) in [6.45, 7) is 3.63. The van der Waals surface area contributed by atoms with Gasteiger partial charge in [0, 0.05) is 5.82 Å². The van der Waals surface area contributed by atoms with Crippen molar-refractivity contribution in [3.8, 4) is 0 Å². The molecular formula is C8H8FLi. The zero-order valence-corrected chi connectivity index (χ0v) is 6.53. The molecule has 48 valence electrons.